The van der Waals surface area contributed by atoms with Crippen LogP contribution in [-0.4, -0.2) is 0 Å². The summed E-state index contributed by atoms with van der Waals surface area (Å²) in [5, 5.41) is 17.8. The predicted octanol–water partition coefficient (Wildman–Crippen LogP) is 16.6. The Morgan fingerprint density at radius 1 is 0.186 bits per heavy atom. The topological polar surface area (TPSA) is 3.24 Å². The molecule has 1 heteroatoms. The zero-order chi connectivity index (χ0) is 38.9. The van der Waals surface area contributed by atoms with Gasteiger partial charge in [0.25, 0.3) is 0 Å². The standard InChI is InChI=1S/C58H37N/c1-3-11-49-40(9-1)17-19-42-21-23-44(35-56(42)49)38-25-29-46(30-26-38)59(48-33-34-55-53-15-6-5-13-51(53)52-14-7-8-16-54(52)58(55)37-48)47-31-27-39(28-32-47)45-24-22-43-20-18-41-10-2-4-12-50(41)57(43)36-45/h1-37H. The zero-order valence-electron chi connectivity index (χ0n) is 32.3. The summed E-state index contributed by atoms with van der Waals surface area (Å²) >= 11 is 0. The molecule has 0 atom stereocenters. The van der Waals surface area contributed by atoms with Gasteiger partial charge in [0.15, 0.2) is 0 Å². The highest BCUT2D eigenvalue weighted by Crippen LogP contribution is 2.42. The maximum absolute atomic E-state index is 2.40. The van der Waals surface area contributed by atoms with Gasteiger partial charge in [-0.2, -0.15) is 0 Å². The van der Waals surface area contributed by atoms with Gasteiger partial charge in [-0.05, 0) is 146 Å². The van der Waals surface area contributed by atoms with Gasteiger partial charge < -0.3 is 4.90 Å². The average Bonchev–Trinajstić information content (AvgIpc) is 3.32. The molecule has 12 aromatic rings. The quantitative estimate of drug-likeness (QED) is 0.159. The summed E-state index contributed by atoms with van der Waals surface area (Å²) in [6.45, 7) is 0. The third-order valence-electron chi connectivity index (χ3n) is 12.4. The van der Waals surface area contributed by atoms with E-state index in [2.05, 4.69) is 229 Å². The van der Waals surface area contributed by atoms with E-state index in [-0.39, 0.29) is 0 Å². The molecule has 0 aromatic heterocycles. The second-order valence-electron chi connectivity index (χ2n) is 15.7. The van der Waals surface area contributed by atoms with Gasteiger partial charge >= 0.3 is 0 Å². The minimum Gasteiger partial charge on any atom is -0.310 e. The molecule has 12 aromatic carbocycles. The van der Waals surface area contributed by atoms with Crippen LogP contribution in [0.5, 0.6) is 0 Å². The van der Waals surface area contributed by atoms with Crippen LogP contribution in [0.1, 0.15) is 0 Å². The van der Waals surface area contributed by atoms with Crippen LogP contribution in [0.25, 0.3) is 97.7 Å². The largest absolute Gasteiger partial charge is 0.310 e. The molecule has 0 amide bonds. The fourth-order valence-corrected chi connectivity index (χ4v) is 9.45. The Hall–Kier alpha value is -7.74. The molecule has 1 nitrogen and oxygen atoms in total. The number of fused-ring (bicyclic) bond motifs is 12. The first-order valence-corrected chi connectivity index (χ1v) is 20.4. The number of hydrogen-bond donors (Lipinski definition) is 0. The molecule has 0 fully saturated rings. The van der Waals surface area contributed by atoms with Crippen molar-refractivity contribution < 1.29 is 0 Å². The van der Waals surface area contributed by atoms with Crippen molar-refractivity contribution in [1.29, 1.82) is 0 Å². The third kappa shape index (κ3) is 5.55. The summed E-state index contributed by atoms with van der Waals surface area (Å²) in [7, 11) is 0. The molecule has 0 aliphatic heterocycles. The van der Waals surface area contributed by atoms with Crippen LogP contribution >= 0.6 is 0 Å². The average molecular weight is 748 g/mol. The van der Waals surface area contributed by atoms with Gasteiger partial charge in [0, 0.05) is 17.1 Å². The SMILES string of the molecule is c1ccc2c(c1)ccc1ccc(-c3ccc(N(c4ccc(-c5ccc6ccc7ccccc7c6c5)cc4)c4ccc5c6ccccc6c6ccccc6c5c4)cc3)cc12. The summed E-state index contributed by atoms with van der Waals surface area (Å²) < 4.78 is 0. The summed E-state index contributed by atoms with van der Waals surface area (Å²) in [4.78, 5) is 2.40. The van der Waals surface area contributed by atoms with E-state index in [1.54, 1.807) is 0 Å². The summed E-state index contributed by atoms with van der Waals surface area (Å²) in [6, 6.07) is 82.7. The molecule has 0 heterocycles. The van der Waals surface area contributed by atoms with E-state index in [0.29, 0.717) is 0 Å². The van der Waals surface area contributed by atoms with Crippen molar-refractivity contribution in [3.8, 4) is 22.3 Å². The van der Waals surface area contributed by atoms with Crippen LogP contribution < -0.4 is 4.90 Å². The lowest BCUT2D eigenvalue weighted by atomic mass is 9.94. The summed E-state index contributed by atoms with van der Waals surface area (Å²) in [5.41, 5.74) is 8.14. The number of anilines is 3. The third-order valence-corrected chi connectivity index (χ3v) is 12.4. The Morgan fingerprint density at radius 3 is 0.966 bits per heavy atom. The van der Waals surface area contributed by atoms with Gasteiger partial charge in [-0.25, -0.2) is 0 Å². The molecule has 0 unspecified atom stereocenters. The van der Waals surface area contributed by atoms with Crippen molar-refractivity contribution in [1.82, 2.24) is 0 Å². The number of rotatable bonds is 5. The molecule has 0 bridgehead atoms. The second-order valence-corrected chi connectivity index (χ2v) is 15.7. The fraction of sp³-hybridized carbons (Fsp3) is 0. The smallest absolute Gasteiger partial charge is 0.0468 e. The van der Waals surface area contributed by atoms with Crippen LogP contribution in [0.3, 0.4) is 0 Å². The summed E-state index contributed by atoms with van der Waals surface area (Å²) in [5.74, 6) is 0. The van der Waals surface area contributed by atoms with E-state index in [4.69, 9.17) is 0 Å². The predicted molar refractivity (Wildman–Crippen MR) is 255 cm³/mol. The molecule has 0 aliphatic rings. The van der Waals surface area contributed by atoms with Crippen LogP contribution in [-0.2, 0) is 0 Å². The van der Waals surface area contributed by atoms with E-state index in [0.717, 1.165) is 17.1 Å². The highest BCUT2D eigenvalue weighted by Gasteiger charge is 2.17. The minimum atomic E-state index is 1.11. The summed E-state index contributed by atoms with van der Waals surface area (Å²) in [6.07, 6.45) is 0. The Balaban J connectivity index is 0.996. The highest BCUT2D eigenvalue weighted by atomic mass is 15.1. The van der Waals surface area contributed by atoms with Crippen LogP contribution in [0.15, 0.2) is 224 Å². The van der Waals surface area contributed by atoms with Crippen molar-refractivity contribution in [2.24, 2.45) is 0 Å². The normalized spacial score (nSPS) is 11.7. The Kier molecular flexibility index (Phi) is 7.61. The highest BCUT2D eigenvalue weighted by molar-refractivity contribution is 6.26. The maximum atomic E-state index is 2.40. The molecule has 59 heavy (non-hydrogen) atoms. The first-order valence-electron chi connectivity index (χ1n) is 20.4. The van der Waals surface area contributed by atoms with Crippen molar-refractivity contribution in [2.45, 2.75) is 0 Å². The van der Waals surface area contributed by atoms with Gasteiger partial charge in [-0.1, -0.05) is 176 Å². The number of benzene rings is 12. The van der Waals surface area contributed by atoms with E-state index < -0.39 is 0 Å². The van der Waals surface area contributed by atoms with Crippen LogP contribution in [0.2, 0.25) is 0 Å². The molecular formula is C58H37N. The van der Waals surface area contributed by atoms with Gasteiger partial charge in [-0.15, -0.1) is 0 Å². The second kappa shape index (κ2) is 13.4. The molecule has 0 N–H and O–H groups in total. The van der Waals surface area contributed by atoms with Crippen molar-refractivity contribution in [3.05, 3.63) is 224 Å². The Labute approximate surface area is 342 Å². The first-order chi connectivity index (χ1) is 29.2. The van der Waals surface area contributed by atoms with Crippen molar-refractivity contribution >= 4 is 92.5 Å². The molecule has 0 saturated heterocycles. The molecule has 0 aliphatic carbocycles. The Morgan fingerprint density at radius 2 is 0.508 bits per heavy atom. The lowest BCUT2D eigenvalue weighted by Gasteiger charge is -2.27. The lowest BCUT2D eigenvalue weighted by Crippen LogP contribution is -2.10. The lowest BCUT2D eigenvalue weighted by molar-refractivity contribution is 1.29. The minimum absolute atomic E-state index is 1.11. The van der Waals surface area contributed by atoms with Gasteiger partial charge in [0.05, 0.1) is 0 Å². The molecule has 0 spiro atoms. The van der Waals surface area contributed by atoms with Crippen molar-refractivity contribution in [2.75, 3.05) is 4.90 Å². The van der Waals surface area contributed by atoms with Gasteiger partial charge in [-0.3, -0.25) is 0 Å². The van der Waals surface area contributed by atoms with E-state index >= 15 is 0 Å². The molecule has 274 valence electrons. The maximum Gasteiger partial charge on any atom is 0.0468 e. The number of nitrogens with zero attached hydrogens (tertiary/aromatic N) is 1. The van der Waals surface area contributed by atoms with E-state index in [1.807, 2.05) is 0 Å². The van der Waals surface area contributed by atoms with Gasteiger partial charge in [0.2, 0.25) is 0 Å². The molecule has 0 radical (unpaired) electrons. The zero-order valence-corrected chi connectivity index (χ0v) is 32.3. The van der Waals surface area contributed by atoms with Crippen LogP contribution in [0.4, 0.5) is 17.1 Å². The monoisotopic (exact) mass is 747 g/mol. The van der Waals surface area contributed by atoms with E-state index in [1.165, 1.54) is 97.7 Å². The van der Waals surface area contributed by atoms with Gasteiger partial charge in [0.1, 0.15) is 0 Å². The van der Waals surface area contributed by atoms with Crippen LogP contribution in [0, 0.1) is 0 Å². The fourth-order valence-electron chi connectivity index (χ4n) is 9.45. The first kappa shape index (κ1) is 33.4. The molecule has 0 saturated carbocycles. The Bertz CT molecular complexity index is 3400. The van der Waals surface area contributed by atoms with Crippen molar-refractivity contribution in [3.63, 3.8) is 0 Å². The van der Waals surface area contributed by atoms with E-state index in [9.17, 15) is 0 Å². The molecular weight excluding hydrogens is 711 g/mol. The number of hydrogen-bond acceptors (Lipinski definition) is 1. The molecule has 12 rings (SSSR count).